The molecular weight excluding hydrogens is 301 g/mol. The van der Waals surface area contributed by atoms with Gasteiger partial charge in [-0.2, -0.15) is 0 Å². The van der Waals surface area contributed by atoms with Crippen LogP contribution in [0.25, 0.3) is 0 Å². The number of aryl methyl sites for hydroxylation is 1. The number of aromatic nitrogens is 2. The number of benzene rings is 1. The third-order valence-corrected chi connectivity index (χ3v) is 3.19. The van der Waals surface area contributed by atoms with Crippen molar-refractivity contribution in [3.8, 4) is 0 Å². The first-order valence-corrected chi connectivity index (χ1v) is 6.97. The molecule has 23 heavy (non-hydrogen) atoms. The number of carboxylic acids is 1. The maximum absolute atomic E-state index is 13.8. The number of hydrogen-bond donors (Lipinski definition) is 2. The van der Waals surface area contributed by atoms with Gasteiger partial charge in [-0.05, 0) is 31.0 Å². The topological polar surface area (TPSA) is 92.2 Å². The second kappa shape index (κ2) is 6.51. The third kappa shape index (κ3) is 3.68. The molecule has 0 spiro atoms. The van der Waals surface area contributed by atoms with Gasteiger partial charge in [0, 0.05) is 6.20 Å². The average molecular weight is 317 g/mol. The first kappa shape index (κ1) is 16.5. The lowest BCUT2D eigenvalue weighted by atomic mass is 10.0. The normalized spacial score (nSPS) is 10.7. The van der Waals surface area contributed by atoms with Crippen molar-refractivity contribution in [2.24, 2.45) is 0 Å². The Hall–Kier alpha value is -2.83. The molecule has 0 atom stereocenters. The number of halogens is 1. The van der Waals surface area contributed by atoms with Crippen molar-refractivity contribution in [1.29, 1.82) is 0 Å². The van der Waals surface area contributed by atoms with Crippen LogP contribution in [0.1, 0.15) is 52.0 Å². The minimum Gasteiger partial charge on any atom is -0.478 e. The SMILES string of the molecule is Cc1ncc(C(=O)Nc2cc(C(=O)O)ccc2F)c(C(C)C)n1. The maximum atomic E-state index is 13.8. The van der Waals surface area contributed by atoms with E-state index >= 15 is 0 Å². The molecule has 1 amide bonds. The van der Waals surface area contributed by atoms with Gasteiger partial charge in [0.1, 0.15) is 11.6 Å². The second-order valence-electron chi connectivity index (χ2n) is 5.32. The Morgan fingerprint density at radius 2 is 2.00 bits per heavy atom. The molecule has 0 unspecified atom stereocenters. The van der Waals surface area contributed by atoms with Crippen LogP contribution in [0.4, 0.5) is 10.1 Å². The number of nitrogens with zero attached hydrogens (tertiary/aromatic N) is 2. The van der Waals surface area contributed by atoms with E-state index in [2.05, 4.69) is 15.3 Å². The first-order valence-electron chi connectivity index (χ1n) is 6.97. The Morgan fingerprint density at radius 3 is 2.61 bits per heavy atom. The zero-order valence-corrected chi connectivity index (χ0v) is 12.9. The molecular formula is C16H16FN3O3. The Kier molecular flexibility index (Phi) is 4.68. The highest BCUT2D eigenvalue weighted by Crippen LogP contribution is 2.20. The predicted octanol–water partition coefficient (Wildman–Crippen LogP) is 3.00. The fourth-order valence-electron chi connectivity index (χ4n) is 2.05. The standard InChI is InChI=1S/C16H16FN3O3/c1-8(2)14-11(7-18-9(3)19-14)15(21)20-13-6-10(16(22)23)4-5-12(13)17/h4-8H,1-3H3,(H,20,21)(H,22,23). The Balaban J connectivity index is 2.37. The van der Waals surface area contributed by atoms with Crippen LogP contribution in [0.15, 0.2) is 24.4 Å². The number of anilines is 1. The molecule has 0 bridgehead atoms. The van der Waals surface area contributed by atoms with Crippen LogP contribution in [0.5, 0.6) is 0 Å². The highest BCUT2D eigenvalue weighted by molar-refractivity contribution is 6.05. The van der Waals surface area contributed by atoms with Gasteiger partial charge in [-0.1, -0.05) is 13.8 Å². The van der Waals surface area contributed by atoms with Gasteiger partial charge in [-0.25, -0.2) is 19.2 Å². The molecule has 7 heteroatoms. The van der Waals surface area contributed by atoms with Crippen molar-refractivity contribution >= 4 is 17.6 Å². The summed E-state index contributed by atoms with van der Waals surface area (Å²) < 4.78 is 13.8. The number of aromatic carboxylic acids is 1. The van der Waals surface area contributed by atoms with Gasteiger partial charge in [0.05, 0.1) is 22.5 Å². The van der Waals surface area contributed by atoms with Crippen molar-refractivity contribution in [1.82, 2.24) is 9.97 Å². The lowest BCUT2D eigenvalue weighted by molar-refractivity contribution is 0.0696. The summed E-state index contributed by atoms with van der Waals surface area (Å²) >= 11 is 0. The van der Waals surface area contributed by atoms with Gasteiger partial charge in [0.15, 0.2) is 0 Å². The van der Waals surface area contributed by atoms with Gasteiger partial charge < -0.3 is 10.4 Å². The van der Waals surface area contributed by atoms with Crippen molar-refractivity contribution < 1.29 is 19.1 Å². The summed E-state index contributed by atoms with van der Waals surface area (Å²) in [7, 11) is 0. The van der Waals surface area contributed by atoms with Crippen LogP contribution < -0.4 is 5.32 Å². The van der Waals surface area contributed by atoms with Crippen molar-refractivity contribution in [3.05, 3.63) is 52.9 Å². The molecule has 0 saturated carbocycles. The van der Waals surface area contributed by atoms with Crippen LogP contribution >= 0.6 is 0 Å². The molecule has 0 aliphatic heterocycles. The summed E-state index contributed by atoms with van der Waals surface area (Å²) in [5, 5.41) is 11.3. The van der Waals surface area contributed by atoms with Crippen molar-refractivity contribution in [3.63, 3.8) is 0 Å². The maximum Gasteiger partial charge on any atom is 0.335 e. The minimum absolute atomic E-state index is 0.0207. The van der Waals surface area contributed by atoms with Gasteiger partial charge in [-0.3, -0.25) is 4.79 Å². The molecule has 1 aromatic heterocycles. The summed E-state index contributed by atoms with van der Waals surface area (Å²) in [6.07, 6.45) is 1.38. The van der Waals surface area contributed by atoms with Crippen LogP contribution in [-0.4, -0.2) is 27.0 Å². The molecule has 0 aliphatic rings. The van der Waals surface area contributed by atoms with Gasteiger partial charge >= 0.3 is 5.97 Å². The number of hydrogen-bond acceptors (Lipinski definition) is 4. The van der Waals surface area contributed by atoms with E-state index in [9.17, 15) is 14.0 Å². The van der Waals surface area contributed by atoms with Crippen molar-refractivity contribution in [2.45, 2.75) is 26.7 Å². The van der Waals surface area contributed by atoms with Crippen LogP contribution in [0.3, 0.4) is 0 Å². The third-order valence-electron chi connectivity index (χ3n) is 3.19. The van der Waals surface area contributed by atoms with E-state index in [0.29, 0.717) is 11.5 Å². The van der Waals surface area contributed by atoms with E-state index in [1.807, 2.05) is 13.8 Å². The second-order valence-corrected chi connectivity index (χ2v) is 5.32. The molecule has 2 aromatic rings. The molecule has 0 aliphatic carbocycles. The molecule has 6 nitrogen and oxygen atoms in total. The van der Waals surface area contributed by atoms with Crippen molar-refractivity contribution in [2.75, 3.05) is 5.32 Å². The Bertz CT molecular complexity index is 775. The monoisotopic (exact) mass is 317 g/mol. The number of carboxylic acid groups (broad SMARTS) is 1. The largest absolute Gasteiger partial charge is 0.478 e. The van der Waals surface area contributed by atoms with Crippen LogP contribution in [0, 0.1) is 12.7 Å². The van der Waals surface area contributed by atoms with E-state index < -0.39 is 17.7 Å². The molecule has 1 heterocycles. The molecule has 2 rings (SSSR count). The van der Waals surface area contributed by atoms with Crippen LogP contribution in [-0.2, 0) is 0 Å². The highest BCUT2D eigenvalue weighted by Gasteiger charge is 2.18. The minimum atomic E-state index is -1.21. The predicted molar refractivity (Wildman–Crippen MR) is 82.2 cm³/mol. The summed E-state index contributed by atoms with van der Waals surface area (Å²) in [6, 6.07) is 3.19. The van der Waals surface area contributed by atoms with E-state index in [-0.39, 0.29) is 22.7 Å². The highest BCUT2D eigenvalue weighted by atomic mass is 19.1. The van der Waals surface area contributed by atoms with Crippen LogP contribution in [0.2, 0.25) is 0 Å². The lowest BCUT2D eigenvalue weighted by Gasteiger charge is -2.12. The number of carbonyl (C=O) groups is 2. The lowest BCUT2D eigenvalue weighted by Crippen LogP contribution is -2.18. The number of rotatable bonds is 4. The summed E-state index contributed by atoms with van der Waals surface area (Å²) in [5.74, 6) is -2.00. The summed E-state index contributed by atoms with van der Waals surface area (Å²) in [4.78, 5) is 31.6. The fourth-order valence-corrected chi connectivity index (χ4v) is 2.05. The molecule has 2 N–H and O–H groups in total. The summed E-state index contributed by atoms with van der Waals surface area (Å²) in [6.45, 7) is 5.47. The summed E-state index contributed by atoms with van der Waals surface area (Å²) in [5.41, 5.74) is 0.451. The molecule has 0 fully saturated rings. The quantitative estimate of drug-likeness (QED) is 0.904. The smallest absolute Gasteiger partial charge is 0.335 e. The van der Waals surface area contributed by atoms with Gasteiger partial charge in [0.2, 0.25) is 0 Å². The van der Waals surface area contributed by atoms with E-state index in [0.717, 1.165) is 18.2 Å². The zero-order valence-electron chi connectivity index (χ0n) is 12.9. The first-order chi connectivity index (χ1) is 10.8. The molecule has 0 saturated heterocycles. The number of nitrogens with one attached hydrogen (secondary N) is 1. The molecule has 1 aromatic carbocycles. The van der Waals surface area contributed by atoms with E-state index in [1.54, 1.807) is 6.92 Å². The fraction of sp³-hybridized carbons (Fsp3) is 0.250. The number of carbonyl (C=O) groups excluding carboxylic acids is 1. The Labute approximate surface area is 132 Å². The number of amides is 1. The average Bonchev–Trinajstić information content (AvgIpc) is 2.48. The zero-order chi connectivity index (χ0) is 17.1. The Morgan fingerprint density at radius 1 is 1.30 bits per heavy atom. The van der Waals surface area contributed by atoms with Gasteiger partial charge in [-0.15, -0.1) is 0 Å². The van der Waals surface area contributed by atoms with E-state index in [4.69, 9.17) is 5.11 Å². The molecule has 120 valence electrons. The molecule has 0 radical (unpaired) electrons. The van der Waals surface area contributed by atoms with E-state index in [1.165, 1.54) is 6.20 Å². The van der Waals surface area contributed by atoms with Gasteiger partial charge in [0.25, 0.3) is 5.91 Å².